The molecule has 3 rings (SSSR count). The van der Waals surface area contributed by atoms with Gasteiger partial charge in [-0.2, -0.15) is 0 Å². The molecule has 0 radical (unpaired) electrons. The number of carbonyl (C=O) groups is 2. The number of anilines is 1. The van der Waals surface area contributed by atoms with E-state index in [-0.39, 0.29) is 11.7 Å². The Balaban J connectivity index is 1.78. The van der Waals surface area contributed by atoms with Gasteiger partial charge in [-0.15, -0.1) is 0 Å². The van der Waals surface area contributed by atoms with Crippen molar-refractivity contribution in [2.45, 2.75) is 26.7 Å². The van der Waals surface area contributed by atoms with E-state index in [1.807, 2.05) is 12.1 Å². The summed E-state index contributed by atoms with van der Waals surface area (Å²) < 4.78 is 5.62. The van der Waals surface area contributed by atoms with Gasteiger partial charge in [-0.25, -0.2) is 0 Å². The van der Waals surface area contributed by atoms with E-state index in [0.29, 0.717) is 43.0 Å². The first kappa shape index (κ1) is 16.2. The summed E-state index contributed by atoms with van der Waals surface area (Å²) in [6.07, 6.45) is 1.15. The Labute approximate surface area is 142 Å². The van der Waals surface area contributed by atoms with Crippen molar-refractivity contribution in [3.63, 3.8) is 0 Å². The number of Topliss-reactive ketones (excluding diaryl/α,β-unsaturated/α-hetero) is 1. The van der Waals surface area contributed by atoms with Gasteiger partial charge in [0, 0.05) is 12.0 Å². The number of hydrogen-bond acceptors (Lipinski definition) is 3. The number of benzene rings is 2. The summed E-state index contributed by atoms with van der Waals surface area (Å²) in [5.74, 6) is 0.703. The van der Waals surface area contributed by atoms with Crippen molar-refractivity contribution in [2.24, 2.45) is 0 Å². The molecule has 0 fully saturated rings. The molecule has 0 atom stereocenters. The summed E-state index contributed by atoms with van der Waals surface area (Å²) >= 11 is 0. The number of amides is 1. The number of ketones is 1. The van der Waals surface area contributed by atoms with E-state index >= 15 is 0 Å². The molecule has 1 amide bonds. The molecule has 0 aromatic heterocycles. The second kappa shape index (κ2) is 6.87. The molecule has 124 valence electrons. The van der Waals surface area contributed by atoms with Crippen molar-refractivity contribution in [2.75, 3.05) is 18.1 Å². The first-order valence-electron chi connectivity index (χ1n) is 8.19. The van der Waals surface area contributed by atoms with Crippen LogP contribution in [0, 0.1) is 6.92 Å². The van der Waals surface area contributed by atoms with Crippen molar-refractivity contribution >= 4 is 17.4 Å². The SMILES string of the molecule is CC(=O)c1ccc2c(c1)N(C(=O)CCc1ccccc1C)CCO2. The van der Waals surface area contributed by atoms with E-state index in [9.17, 15) is 9.59 Å². The van der Waals surface area contributed by atoms with Crippen LogP contribution in [0.1, 0.15) is 34.8 Å². The molecule has 2 aromatic carbocycles. The van der Waals surface area contributed by atoms with Crippen LogP contribution < -0.4 is 9.64 Å². The van der Waals surface area contributed by atoms with Gasteiger partial charge in [0.1, 0.15) is 12.4 Å². The van der Waals surface area contributed by atoms with Crippen molar-refractivity contribution in [3.05, 3.63) is 59.2 Å². The van der Waals surface area contributed by atoms with Crippen LogP contribution in [0.4, 0.5) is 5.69 Å². The molecule has 4 nitrogen and oxygen atoms in total. The minimum atomic E-state index is -0.0179. The van der Waals surface area contributed by atoms with Crippen LogP contribution in [0.2, 0.25) is 0 Å². The molecule has 1 aliphatic heterocycles. The second-order valence-corrected chi connectivity index (χ2v) is 6.06. The van der Waals surface area contributed by atoms with Gasteiger partial charge in [0.2, 0.25) is 5.91 Å². The molecule has 0 aliphatic carbocycles. The monoisotopic (exact) mass is 323 g/mol. The van der Waals surface area contributed by atoms with Crippen LogP contribution >= 0.6 is 0 Å². The van der Waals surface area contributed by atoms with Gasteiger partial charge in [0.05, 0.1) is 12.2 Å². The summed E-state index contributed by atoms with van der Waals surface area (Å²) in [7, 11) is 0. The summed E-state index contributed by atoms with van der Waals surface area (Å²) in [5, 5.41) is 0. The lowest BCUT2D eigenvalue weighted by molar-refractivity contribution is -0.118. The maximum Gasteiger partial charge on any atom is 0.227 e. The third-order valence-electron chi connectivity index (χ3n) is 4.40. The van der Waals surface area contributed by atoms with E-state index in [4.69, 9.17) is 4.74 Å². The summed E-state index contributed by atoms with van der Waals surface area (Å²) in [5.41, 5.74) is 3.68. The molecule has 0 saturated carbocycles. The number of ether oxygens (including phenoxy) is 1. The van der Waals surface area contributed by atoms with Gasteiger partial charge in [-0.05, 0) is 49.6 Å². The van der Waals surface area contributed by atoms with Crippen LogP contribution in [-0.2, 0) is 11.2 Å². The van der Waals surface area contributed by atoms with Crippen LogP contribution in [0.25, 0.3) is 0 Å². The molecule has 0 unspecified atom stereocenters. The molecular formula is C20H21NO3. The van der Waals surface area contributed by atoms with E-state index in [1.54, 1.807) is 23.1 Å². The highest BCUT2D eigenvalue weighted by atomic mass is 16.5. The zero-order valence-corrected chi connectivity index (χ0v) is 14.0. The number of fused-ring (bicyclic) bond motifs is 1. The molecule has 4 heteroatoms. The van der Waals surface area contributed by atoms with E-state index < -0.39 is 0 Å². The maximum absolute atomic E-state index is 12.7. The zero-order valence-electron chi connectivity index (χ0n) is 14.0. The Morgan fingerprint density at radius 2 is 1.96 bits per heavy atom. The van der Waals surface area contributed by atoms with Crippen LogP contribution in [0.3, 0.4) is 0 Å². The molecule has 1 aliphatic rings. The van der Waals surface area contributed by atoms with Crippen molar-refractivity contribution in [1.29, 1.82) is 0 Å². The zero-order chi connectivity index (χ0) is 17.1. The third kappa shape index (κ3) is 3.32. The average molecular weight is 323 g/mol. The van der Waals surface area contributed by atoms with Crippen LogP contribution in [0.15, 0.2) is 42.5 Å². The van der Waals surface area contributed by atoms with Crippen molar-refractivity contribution < 1.29 is 14.3 Å². The van der Waals surface area contributed by atoms with Gasteiger partial charge in [-0.3, -0.25) is 9.59 Å². The molecule has 0 spiro atoms. The Morgan fingerprint density at radius 3 is 2.71 bits per heavy atom. The van der Waals surface area contributed by atoms with Gasteiger partial charge >= 0.3 is 0 Å². The predicted octanol–water partition coefficient (Wildman–Crippen LogP) is 3.56. The highest BCUT2D eigenvalue weighted by molar-refractivity contribution is 5.99. The Kier molecular flexibility index (Phi) is 4.65. The quantitative estimate of drug-likeness (QED) is 0.808. The first-order chi connectivity index (χ1) is 11.6. The summed E-state index contributed by atoms with van der Waals surface area (Å²) in [6.45, 7) is 4.57. The lowest BCUT2D eigenvalue weighted by Gasteiger charge is -2.30. The Hall–Kier alpha value is -2.62. The topological polar surface area (TPSA) is 46.6 Å². The minimum absolute atomic E-state index is 0.0179. The number of aryl methyl sites for hydroxylation is 2. The number of hydrogen-bond donors (Lipinski definition) is 0. The fourth-order valence-corrected chi connectivity index (χ4v) is 2.96. The average Bonchev–Trinajstić information content (AvgIpc) is 2.59. The van der Waals surface area contributed by atoms with Crippen LogP contribution in [0.5, 0.6) is 5.75 Å². The number of nitrogens with zero attached hydrogens (tertiary/aromatic N) is 1. The predicted molar refractivity (Wildman–Crippen MR) is 93.8 cm³/mol. The number of rotatable bonds is 4. The van der Waals surface area contributed by atoms with Gasteiger partial charge in [0.25, 0.3) is 0 Å². The summed E-state index contributed by atoms with van der Waals surface area (Å²) in [6, 6.07) is 13.4. The largest absolute Gasteiger partial charge is 0.490 e. The first-order valence-corrected chi connectivity index (χ1v) is 8.19. The second-order valence-electron chi connectivity index (χ2n) is 6.06. The molecule has 1 heterocycles. The molecule has 24 heavy (non-hydrogen) atoms. The van der Waals surface area contributed by atoms with E-state index in [0.717, 1.165) is 0 Å². The minimum Gasteiger partial charge on any atom is -0.490 e. The lowest BCUT2D eigenvalue weighted by Crippen LogP contribution is -2.38. The smallest absolute Gasteiger partial charge is 0.227 e. The van der Waals surface area contributed by atoms with Crippen LogP contribution in [-0.4, -0.2) is 24.8 Å². The molecule has 0 saturated heterocycles. The number of carbonyl (C=O) groups excluding carboxylic acids is 2. The highest BCUT2D eigenvalue weighted by Gasteiger charge is 2.24. The van der Waals surface area contributed by atoms with Gasteiger partial charge in [-0.1, -0.05) is 24.3 Å². The normalized spacial score (nSPS) is 13.2. The maximum atomic E-state index is 12.7. The van der Waals surface area contributed by atoms with Crippen molar-refractivity contribution in [3.8, 4) is 5.75 Å². The van der Waals surface area contributed by atoms with Gasteiger partial charge < -0.3 is 9.64 Å². The third-order valence-corrected chi connectivity index (χ3v) is 4.40. The fourth-order valence-electron chi connectivity index (χ4n) is 2.96. The Bertz CT molecular complexity index is 782. The van der Waals surface area contributed by atoms with Gasteiger partial charge in [0.15, 0.2) is 5.78 Å². The fraction of sp³-hybridized carbons (Fsp3) is 0.300. The molecule has 0 N–H and O–H groups in total. The van der Waals surface area contributed by atoms with E-state index in [1.165, 1.54) is 18.1 Å². The lowest BCUT2D eigenvalue weighted by atomic mass is 10.0. The molecule has 0 bridgehead atoms. The molecular weight excluding hydrogens is 302 g/mol. The molecule has 2 aromatic rings. The van der Waals surface area contributed by atoms with E-state index in [2.05, 4.69) is 19.1 Å². The van der Waals surface area contributed by atoms with Crippen molar-refractivity contribution in [1.82, 2.24) is 0 Å². The Morgan fingerprint density at radius 1 is 1.17 bits per heavy atom. The summed E-state index contributed by atoms with van der Waals surface area (Å²) in [4.78, 5) is 26.1. The standard InChI is InChI=1S/C20H21NO3/c1-14-5-3-4-6-16(14)8-10-20(23)21-11-12-24-19-9-7-17(15(2)22)13-18(19)21/h3-7,9,13H,8,10-12H2,1-2H3. The highest BCUT2D eigenvalue weighted by Crippen LogP contribution is 2.33.